The first-order valence-corrected chi connectivity index (χ1v) is 9.66. The highest BCUT2D eigenvalue weighted by Crippen LogP contribution is 2.38. The van der Waals surface area contributed by atoms with Crippen molar-refractivity contribution in [2.24, 2.45) is 0 Å². The van der Waals surface area contributed by atoms with Crippen LogP contribution in [0.3, 0.4) is 0 Å². The molecule has 0 radical (unpaired) electrons. The average Bonchev–Trinajstić information content (AvgIpc) is 2.76. The number of nitrogens with zero attached hydrogens (tertiary/aromatic N) is 1. The van der Waals surface area contributed by atoms with Crippen molar-refractivity contribution in [1.82, 2.24) is 4.98 Å². The van der Waals surface area contributed by atoms with Crippen LogP contribution in [0.25, 0.3) is 16.7 Å². The number of halogens is 1. The van der Waals surface area contributed by atoms with E-state index in [2.05, 4.69) is 29.3 Å². The second-order valence-electron chi connectivity index (χ2n) is 5.68. The molecule has 0 aliphatic heterocycles. The molecule has 0 fully saturated rings. The second-order valence-corrected chi connectivity index (χ2v) is 6.11. The van der Waals surface area contributed by atoms with E-state index in [0.29, 0.717) is 16.8 Å². The summed E-state index contributed by atoms with van der Waals surface area (Å²) in [6.07, 6.45) is 2.06. The van der Waals surface area contributed by atoms with Gasteiger partial charge in [-0.15, -0.1) is 0 Å². The molecule has 1 heterocycles. The molecule has 3 nitrogen and oxygen atoms in total. The Hall–Kier alpha value is -2.78. The molecule has 1 aromatic heterocycles. The van der Waals surface area contributed by atoms with E-state index in [1.165, 1.54) is 0 Å². The fourth-order valence-electron chi connectivity index (χ4n) is 2.92. The highest BCUT2D eigenvalue weighted by atomic mass is 35.5. The van der Waals surface area contributed by atoms with Crippen LogP contribution < -0.4 is 9.47 Å². The maximum atomic E-state index is 6.03. The first-order chi connectivity index (χ1) is 13.7. The highest BCUT2D eigenvalue weighted by molar-refractivity contribution is 6.30. The molecule has 0 spiro atoms. The summed E-state index contributed by atoms with van der Waals surface area (Å²) in [6.45, 7) is 6.01. The Morgan fingerprint density at radius 3 is 2.04 bits per heavy atom. The van der Waals surface area contributed by atoms with Gasteiger partial charge >= 0.3 is 0 Å². The number of pyridine rings is 1. The van der Waals surface area contributed by atoms with E-state index in [-0.39, 0.29) is 0 Å². The van der Waals surface area contributed by atoms with Crippen LogP contribution in [0.4, 0.5) is 0 Å². The van der Waals surface area contributed by atoms with Crippen LogP contribution >= 0.6 is 11.6 Å². The number of hydrogen-bond donors (Lipinski definition) is 0. The molecule has 4 heteroatoms. The van der Waals surface area contributed by atoms with E-state index >= 15 is 0 Å². The monoisotopic (exact) mass is 395 g/mol. The lowest BCUT2D eigenvalue weighted by Crippen LogP contribution is -2.01. The molecule has 0 N–H and O–H groups in total. The normalized spacial score (nSPS) is 10.7. The van der Waals surface area contributed by atoms with Crippen molar-refractivity contribution >= 4 is 17.2 Å². The summed E-state index contributed by atoms with van der Waals surface area (Å²) in [6, 6.07) is 19.8. The minimum Gasteiger partial charge on any atom is -0.480 e. The van der Waals surface area contributed by atoms with Gasteiger partial charge in [0.2, 0.25) is 11.8 Å². The molecular formula is C24H26ClNO2. The minimum atomic E-state index is 0.511. The number of methoxy groups -OCH3 is 2. The Morgan fingerprint density at radius 1 is 0.893 bits per heavy atom. The van der Waals surface area contributed by atoms with Gasteiger partial charge in [-0.25, -0.2) is 0 Å². The molecule has 3 rings (SSSR count). The van der Waals surface area contributed by atoms with Gasteiger partial charge in [-0.2, -0.15) is 4.98 Å². The second kappa shape index (κ2) is 10.5. The third-order valence-electron chi connectivity index (χ3n) is 4.16. The molecular weight excluding hydrogens is 370 g/mol. The van der Waals surface area contributed by atoms with Crippen LogP contribution in [0.1, 0.15) is 31.9 Å². The summed E-state index contributed by atoms with van der Waals surface area (Å²) in [5, 5.41) is 0.688. The summed E-state index contributed by atoms with van der Waals surface area (Å²) in [4.78, 5) is 4.58. The Labute approximate surface area is 172 Å². The summed E-state index contributed by atoms with van der Waals surface area (Å²) in [5.41, 5.74) is 4.92. The number of rotatable bonds is 5. The zero-order valence-corrected chi connectivity index (χ0v) is 17.7. The number of ether oxygens (including phenoxy) is 2. The van der Waals surface area contributed by atoms with E-state index in [9.17, 15) is 0 Å². The van der Waals surface area contributed by atoms with Gasteiger partial charge in [0, 0.05) is 16.1 Å². The lowest BCUT2D eigenvalue weighted by molar-refractivity contribution is 0.365. The molecule has 3 aromatic rings. The zero-order chi connectivity index (χ0) is 20.5. The lowest BCUT2D eigenvalue weighted by Gasteiger charge is -2.16. The molecule has 0 amide bonds. The van der Waals surface area contributed by atoms with Crippen LogP contribution in [0.15, 0.2) is 66.7 Å². The smallest absolute Gasteiger partial charge is 0.224 e. The van der Waals surface area contributed by atoms with E-state index in [1.807, 2.05) is 63.2 Å². The van der Waals surface area contributed by atoms with E-state index in [4.69, 9.17) is 21.1 Å². The van der Waals surface area contributed by atoms with E-state index in [1.54, 1.807) is 14.2 Å². The molecule has 0 bridgehead atoms. The quantitative estimate of drug-likeness (QED) is 0.471. The summed E-state index contributed by atoms with van der Waals surface area (Å²) in [7, 11) is 3.22. The minimum absolute atomic E-state index is 0.511. The molecule has 2 aromatic carbocycles. The Balaban J connectivity index is 0.00000136. The van der Waals surface area contributed by atoms with Gasteiger partial charge < -0.3 is 9.47 Å². The number of allylic oxidation sites excluding steroid dienone is 1. The number of benzene rings is 2. The van der Waals surface area contributed by atoms with Gasteiger partial charge in [0.25, 0.3) is 0 Å². The van der Waals surface area contributed by atoms with E-state index in [0.717, 1.165) is 27.8 Å². The first kappa shape index (κ1) is 21.5. The Kier molecular flexibility index (Phi) is 8.09. The number of hydrogen-bond acceptors (Lipinski definition) is 3. The van der Waals surface area contributed by atoms with Gasteiger partial charge in [-0.1, -0.05) is 74.0 Å². The standard InChI is InChI=1S/C22H20ClNO2.C2H6/c1-4-18(15-8-6-5-7-9-15)20-14-19(16-10-12-17(23)13-11-16)21(25-2)24-22(20)26-3;1-2/h4-14H,1-3H3;1-2H3/b18-4+;. The van der Waals surface area contributed by atoms with Crippen LogP contribution in [-0.2, 0) is 0 Å². The molecule has 0 saturated carbocycles. The van der Waals surface area contributed by atoms with Crippen LogP contribution in [0, 0.1) is 0 Å². The van der Waals surface area contributed by atoms with Crippen molar-refractivity contribution in [1.29, 1.82) is 0 Å². The fourth-order valence-corrected chi connectivity index (χ4v) is 3.04. The molecule has 146 valence electrons. The van der Waals surface area contributed by atoms with Gasteiger partial charge in [0.1, 0.15) is 0 Å². The van der Waals surface area contributed by atoms with E-state index < -0.39 is 0 Å². The number of aromatic nitrogens is 1. The molecule has 0 saturated heterocycles. The summed E-state index contributed by atoms with van der Waals surface area (Å²) >= 11 is 6.03. The van der Waals surface area contributed by atoms with Crippen molar-refractivity contribution < 1.29 is 9.47 Å². The topological polar surface area (TPSA) is 31.4 Å². The third-order valence-corrected chi connectivity index (χ3v) is 4.41. The largest absolute Gasteiger partial charge is 0.480 e. The SMILES string of the molecule is C/C=C(\c1ccccc1)c1cc(-c2ccc(Cl)cc2)c(OC)nc1OC.CC. The van der Waals surface area contributed by atoms with Crippen molar-refractivity contribution in [3.63, 3.8) is 0 Å². The van der Waals surface area contributed by atoms with Gasteiger partial charge in [0.05, 0.1) is 14.2 Å². The fraction of sp³-hybridized carbons (Fsp3) is 0.208. The summed E-state index contributed by atoms with van der Waals surface area (Å²) < 4.78 is 11.1. The van der Waals surface area contributed by atoms with Crippen molar-refractivity contribution in [3.8, 4) is 22.9 Å². The van der Waals surface area contributed by atoms with Crippen LogP contribution in [0.2, 0.25) is 5.02 Å². The highest BCUT2D eigenvalue weighted by Gasteiger charge is 2.18. The first-order valence-electron chi connectivity index (χ1n) is 9.29. The molecule has 0 aliphatic rings. The molecule has 28 heavy (non-hydrogen) atoms. The summed E-state index contributed by atoms with van der Waals surface area (Å²) in [5.74, 6) is 1.04. The Bertz CT molecular complexity index is 919. The zero-order valence-electron chi connectivity index (χ0n) is 17.0. The lowest BCUT2D eigenvalue weighted by atomic mass is 9.95. The Morgan fingerprint density at radius 2 is 1.50 bits per heavy atom. The van der Waals surface area contributed by atoms with Crippen molar-refractivity contribution in [2.45, 2.75) is 20.8 Å². The van der Waals surface area contributed by atoms with Crippen LogP contribution in [-0.4, -0.2) is 19.2 Å². The third kappa shape index (κ3) is 4.73. The predicted molar refractivity (Wildman–Crippen MR) is 118 cm³/mol. The average molecular weight is 396 g/mol. The predicted octanol–water partition coefficient (Wildman–Crippen LogP) is 6.90. The van der Waals surface area contributed by atoms with Crippen LogP contribution in [0.5, 0.6) is 11.8 Å². The molecule has 0 atom stereocenters. The maximum Gasteiger partial charge on any atom is 0.224 e. The van der Waals surface area contributed by atoms with Gasteiger partial charge in [-0.3, -0.25) is 0 Å². The van der Waals surface area contributed by atoms with Crippen molar-refractivity contribution in [2.75, 3.05) is 14.2 Å². The van der Waals surface area contributed by atoms with Crippen molar-refractivity contribution in [3.05, 3.63) is 82.9 Å². The molecule has 0 aliphatic carbocycles. The maximum absolute atomic E-state index is 6.03. The van der Waals surface area contributed by atoms with Gasteiger partial charge in [-0.05, 0) is 41.8 Å². The van der Waals surface area contributed by atoms with Gasteiger partial charge in [0.15, 0.2) is 0 Å². The molecule has 0 unspecified atom stereocenters.